The number of anilines is 1. The summed E-state index contributed by atoms with van der Waals surface area (Å²) < 4.78 is 6.62. The molecule has 0 radical (unpaired) electrons. The topological polar surface area (TPSA) is 216 Å². The molecule has 5 aromatic rings. The number of benzene rings is 2. The molecule has 0 spiro atoms. The third-order valence-corrected chi connectivity index (χ3v) is 8.86. The molecular formula is C35H34N8O8. The second kappa shape index (κ2) is 14.4. The lowest BCUT2D eigenvalue weighted by atomic mass is 9.93. The minimum atomic E-state index is -1.62. The van der Waals surface area contributed by atoms with E-state index in [1.54, 1.807) is 42.7 Å². The smallest absolute Gasteiger partial charge is 0.261 e. The first-order valence-electron chi connectivity index (χ1n) is 16.2. The number of aromatic nitrogens is 5. The van der Waals surface area contributed by atoms with Gasteiger partial charge in [0.15, 0.2) is 6.23 Å². The van der Waals surface area contributed by atoms with Gasteiger partial charge < -0.3 is 30.5 Å². The maximum atomic E-state index is 13.8. The van der Waals surface area contributed by atoms with Crippen molar-refractivity contribution in [2.75, 3.05) is 18.5 Å². The van der Waals surface area contributed by atoms with Gasteiger partial charge in [0.05, 0.1) is 37.3 Å². The van der Waals surface area contributed by atoms with Gasteiger partial charge in [-0.15, -0.1) is 5.10 Å². The van der Waals surface area contributed by atoms with Crippen molar-refractivity contribution in [3.05, 3.63) is 114 Å². The molecule has 0 bridgehead atoms. The van der Waals surface area contributed by atoms with Gasteiger partial charge >= 0.3 is 0 Å². The Morgan fingerprint density at radius 2 is 1.51 bits per heavy atom. The molecule has 3 amide bonds. The van der Waals surface area contributed by atoms with Gasteiger partial charge in [0.1, 0.15) is 30.1 Å². The number of pyridine rings is 2. The Labute approximate surface area is 290 Å². The highest BCUT2D eigenvalue weighted by Gasteiger charge is 2.45. The van der Waals surface area contributed by atoms with Crippen LogP contribution in [0, 0.1) is 0 Å². The minimum Gasteiger partial charge on any atom is -0.394 e. The number of carbonyl (C=O) groups is 3. The lowest BCUT2D eigenvalue weighted by Crippen LogP contribution is -2.56. The number of aliphatic hydroxyl groups is 4. The fourth-order valence-electron chi connectivity index (χ4n) is 6.37. The Morgan fingerprint density at radius 1 is 0.824 bits per heavy atom. The van der Waals surface area contributed by atoms with Crippen LogP contribution < -0.4 is 5.32 Å². The molecule has 3 aromatic heterocycles. The van der Waals surface area contributed by atoms with E-state index in [2.05, 4.69) is 25.6 Å². The predicted octanol–water partition coefficient (Wildman–Crippen LogP) is 0.631. The van der Waals surface area contributed by atoms with E-state index in [4.69, 9.17) is 4.74 Å². The number of amides is 3. The van der Waals surface area contributed by atoms with Crippen LogP contribution in [0.1, 0.15) is 44.0 Å². The Kier molecular flexibility index (Phi) is 9.59. The molecule has 2 aromatic carbocycles. The van der Waals surface area contributed by atoms with Crippen molar-refractivity contribution >= 4 is 34.2 Å². The summed E-state index contributed by atoms with van der Waals surface area (Å²) in [5.74, 6) is -1.47. The number of hydrogen-bond acceptors (Lipinski definition) is 13. The summed E-state index contributed by atoms with van der Waals surface area (Å²) >= 11 is 0. The van der Waals surface area contributed by atoms with Gasteiger partial charge in [-0.1, -0.05) is 29.5 Å². The van der Waals surface area contributed by atoms with E-state index in [9.17, 15) is 34.8 Å². The van der Waals surface area contributed by atoms with E-state index in [1.165, 1.54) is 6.20 Å². The van der Waals surface area contributed by atoms with E-state index < -0.39 is 49.1 Å². The van der Waals surface area contributed by atoms with Crippen molar-refractivity contribution in [1.82, 2.24) is 34.8 Å². The quantitative estimate of drug-likeness (QED) is 0.120. The fraction of sp³-hybridized carbons (Fsp3) is 0.286. The Balaban J connectivity index is 1.09. The number of imide groups is 1. The van der Waals surface area contributed by atoms with Gasteiger partial charge in [0, 0.05) is 53.1 Å². The van der Waals surface area contributed by atoms with Crippen molar-refractivity contribution in [2.24, 2.45) is 0 Å². The number of aliphatic hydroxyl groups excluding tert-OH is 4. The van der Waals surface area contributed by atoms with Crippen LogP contribution in [-0.2, 0) is 29.2 Å². The van der Waals surface area contributed by atoms with Crippen LogP contribution in [0.25, 0.3) is 10.8 Å². The van der Waals surface area contributed by atoms with Crippen molar-refractivity contribution in [3.8, 4) is 0 Å². The Bertz CT molecular complexity index is 2000. The summed E-state index contributed by atoms with van der Waals surface area (Å²) in [5.41, 5.74) is 2.71. The van der Waals surface area contributed by atoms with Gasteiger partial charge in [0.2, 0.25) is 5.91 Å². The third kappa shape index (κ3) is 6.83. The van der Waals surface area contributed by atoms with Gasteiger partial charge in [-0.25, -0.2) is 4.68 Å². The lowest BCUT2D eigenvalue weighted by Gasteiger charge is -2.39. The molecule has 16 nitrogen and oxygen atoms in total. The zero-order valence-corrected chi connectivity index (χ0v) is 27.1. The van der Waals surface area contributed by atoms with Gasteiger partial charge in [-0.2, -0.15) is 0 Å². The van der Waals surface area contributed by atoms with Crippen molar-refractivity contribution in [3.63, 3.8) is 0 Å². The van der Waals surface area contributed by atoms with E-state index in [0.717, 1.165) is 21.0 Å². The molecule has 51 heavy (non-hydrogen) atoms. The zero-order valence-electron chi connectivity index (χ0n) is 27.1. The molecule has 2 aliphatic rings. The highest BCUT2D eigenvalue weighted by atomic mass is 16.6. The highest BCUT2D eigenvalue weighted by molar-refractivity contribution is 6.27. The number of rotatable bonds is 11. The number of ether oxygens (including phenoxy) is 1. The molecule has 16 heteroatoms. The molecule has 5 atom stereocenters. The molecule has 2 aliphatic heterocycles. The number of hydrogen-bond donors (Lipinski definition) is 5. The number of carbonyl (C=O) groups excluding carboxylic acids is 3. The summed E-state index contributed by atoms with van der Waals surface area (Å²) in [4.78, 5) is 52.7. The second-order valence-electron chi connectivity index (χ2n) is 12.3. The summed E-state index contributed by atoms with van der Waals surface area (Å²) in [7, 11) is 0. The monoisotopic (exact) mass is 694 g/mol. The maximum Gasteiger partial charge on any atom is 0.261 e. The van der Waals surface area contributed by atoms with Gasteiger partial charge in [-0.05, 0) is 42.5 Å². The van der Waals surface area contributed by atoms with E-state index in [1.807, 2.05) is 41.3 Å². The SMILES string of the molecule is O=C(CN(Cc1ccccn1)Cc1ccccn1)Nc1ccc2c3c(cccc13)C(=O)N(Cc1cn([C@@H]3O[C@H](CO)[C@@H](O)[C@H](O)[C@H]3O)nn1)C2=O. The van der Waals surface area contributed by atoms with Crippen molar-refractivity contribution in [1.29, 1.82) is 0 Å². The molecule has 5 N–H and O–H groups in total. The van der Waals surface area contributed by atoms with Crippen LogP contribution in [0.15, 0.2) is 85.3 Å². The maximum absolute atomic E-state index is 13.8. The Hall–Kier alpha value is -5.49. The first kappa shape index (κ1) is 34.0. The molecule has 0 unspecified atom stereocenters. The molecule has 262 valence electrons. The molecular weight excluding hydrogens is 660 g/mol. The molecule has 1 fully saturated rings. The average molecular weight is 695 g/mol. The average Bonchev–Trinajstić information content (AvgIpc) is 3.61. The molecule has 1 saturated heterocycles. The van der Waals surface area contributed by atoms with Crippen molar-refractivity contribution < 1.29 is 39.5 Å². The molecule has 7 rings (SSSR count). The van der Waals surface area contributed by atoms with Crippen LogP contribution in [0.5, 0.6) is 0 Å². The molecule has 0 aliphatic carbocycles. The largest absolute Gasteiger partial charge is 0.394 e. The number of nitrogens with one attached hydrogen (secondary N) is 1. The minimum absolute atomic E-state index is 0.0194. The predicted molar refractivity (Wildman–Crippen MR) is 178 cm³/mol. The second-order valence-corrected chi connectivity index (χ2v) is 12.3. The standard InChI is InChI=1S/C35H34N8O8/c44-19-27-30(46)31(47)32(48)35(51-27)43-17-22(39-40-43)16-42-33(49)24-9-5-8-23-26(11-10-25(29(23)24)34(42)50)38-28(45)18-41(14-20-6-1-3-12-36-20)15-21-7-2-4-13-37-21/h1-13,17,27,30-32,35,44,46-48H,14-16,18-19H2,(H,38,45)/t27-,30-,31+,32-,35-/m1/s1. The normalized spacial score (nSPS) is 21.7. The first-order chi connectivity index (χ1) is 24.7. The van der Waals surface area contributed by atoms with Crippen LogP contribution in [0.2, 0.25) is 0 Å². The fourth-order valence-corrected chi connectivity index (χ4v) is 6.37. The van der Waals surface area contributed by atoms with Gasteiger partial charge in [0.25, 0.3) is 11.8 Å². The molecule has 5 heterocycles. The van der Waals surface area contributed by atoms with E-state index in [0.29, 0.717) is 29.5 Å². The molecule has 0 saturated carbocycles. The third-order valence-electron chi connectivity index (χ3n) is 8.86. The van der Waals surface area contributed by atoms with Crippen molar-refractivity contribution in [2.45, 2.75) is 50.3 Å². The zero-order chi connectivity index (χ0) is 35.6. The summed E-state index contributed by atoms with van der Waals surface area (Å²) in [6.45, 7) is -0.0581. The van der Waals surface area contributed by atoms with Crippen LogP contribution >= 0.6 is 0 Å². The first-order valence-corrected chi connectivity index (χ1v) is 16.2. The summed E-state index contributed by atoms with van der Waals surface area (Å²) in [6, 6.07) is 19.4. The van der Waals surface area contributed by atoms with Crippen LogP contribution in [-0.4, -0.2) is 110 Å². The Morgan fingerprint density at radius 3 is 2.16 bits per heavy atom. The highest BCUT2D eigenvalue weighted by Crippen LogP contribution is 2.35. The van der Waals surface area contributed by atoms with E-state index >= 15 is 0 Å². The van der Waals surface area contributed by atoms with Crippen LogP contribution in [0.3, 0.4) is 0 Å². The lowest BCUT2D eigenvalue weighted by molar-refractivity contribution is -0.254. The summed E-state index contributed by atoms with van der Waals surface area (Å²) in [5, 5.41) is 52.1. The number of nitrogens with zero attached hydrogens (tertiary/aromatic N) is 7. The van der Waals surface area contributed by atoms with Gasteiger partial charge in [-0.3, -0.25) is 34.2 Å². The van der Waals surface area contributed by atoms with E-state index in [-0.39, 0.29) is 35.8 Å². The van der Waals surface area contributed by atoms with Crippen LogP contribution in [0.4, 0.5) is 5.69 Å². The summed E-state index contributed by atoms with van der Waals surface area (Å²) in [6.07, 6.45) is -2.49.